The van der Waals surface area contributed by atoms with Crippen molar-refractivity contribution in [2.75, 3.05) is 9.80 Å². The number of nitrogens with zero attached hydrogens (tertiary/aromatic N) is 2. The second kappa shape index (κ2) is 10.7. The van der Waals surface area contributed by atoms with Crippen molar-refractivity contribution in [1.82, 2.24) is 0 Å². The topological polar surface area (TPSA) is 19.6 Å². The average molecular weight is 661 g/mol. The summed E-state index contributed by atoms with van der Waals surface area (Å²) in [5.74, 6) is -0.368. The highest BCUT2D eigenvalue weighted by molar-refractivity contribution is 7.01. The predicted molar refractivity (Wildman–Crippen MR) is 211 cm³/mol. The second-order valence-electron chi connectivity index (χ2n) is 15.8. The quantitative estimate of drug-likeness (QED) is 0.172. The van der Waals surface area contributed by atoms with Crippen LogP contribution in [0.15, 0.2) is 107 Å². The average Bonchev–Trinajstić information content (AvgIpc) is 3.60. The van der Waals surface area contributed by atoms with Crippen LogP contribution in [0.4, 0.5) is 34.3 Å². The Morgan fingerprint density at radius 3 is 1.69 bits per heavy atom. The Labute approximate surface area is 318 Å². The standard InChI is InChI=1S/C45H47BN2O/c1-28-25-37-41-38(26-28)48(33-22-17-30(18-23-33)44(5,6)7)42-40(34-13-11-12-14-39(34)49-42)46(41)35-24-19-31(45(8,9)10)27-36(35)47(37)32-20-15-29(16-21-32)43(2,3)4/h11-27H,1-10H3/i1D3,11D,12D,13D,14D,15D,16D,17D,18D,19D,20D,21D,22D,23D,24D,27D. The molecule has 4 heteroatoms. The Bertz CT molecular complexity index is 3150. The van der Waals surface area contributed by atoms with Gasteiger partial charge in [-0.05, 0) is 105 Å². The first kappa shape index (κ1) is 17.3. The summed E-state index contributed by atoms with van der Waals surface area (Å²) < 4.78 is 173. The SMILES string of the molecule is [2H]c1c([2H])c(C(C)(C)C)c([2H])c2c1B1c3c(cc(C([2H])([2H])[2H])cc3N2c2c([2H])c([2H])c(C(C)(C)C)c([2H])c2[2H])N(c2c([2H])c([2H])c(C(C)(C)C)c([2H])c2[2H])c2oc3c([2H])c([2H])c([2H])c([2H])c3c21. The van der Waals surface area contributed by atoms with E-state index >= 15 is 0 Å². The number of para-hydroxylation sites is 1. The third-order valence-electron chi connectivity index (χ3n) is 9.00. The van der Waals surface area contributed by atoms with Gasteiger partial charge in [0.05, 0.1) is 20.6 Å². The molecule has 246 valence electrons. The zero-order valence-electron chi connectivity index (χ0n) is 47.0. The molecule has 49 heavy (non-hydrogen) atoms. The summed E-state index contributed by atoms with van der Waals surface area (Å²) in [6, 6.07) is -5.43. The lowest BCUT2D eigenvalue weighted by Crippen LogP contribution is -2.61. The maximum atomic E-state index is 10.0. The van der Waals surface area contributed by atoms with Gasteiger partial charge in [-0.2, -0.15) is 0 Å². The van der Waals surface area contributed by atoms with E-state index in [9.17, 15) is 16.4 Å². The number of rotatable bonds is 2. The fourth-order valence-electron chi connectivity index (χ4n) is 6.42. The van der Waals surface area contributed by atoms with E-state index in [1.807, 2.05) is 0 Å². The Kier molecular flexibility index (Phi) is 3.76. The predicted octanol–water partition coefficient (Wildman–Crippen LogP) is 10.7. The highest BCUT2D eigenvalue weighted by atomic mass is 16.4. The van der Waals surface area contributed by atoms with Crippen molar-refractivity contribution < 1.29 is 29.1 Å². The molecule has 2 aliphatic rings. The minimum Gasteiger partial charge on any atom is -0.440 e. The minimum absolute atomic E-state index is 0.00689. The molecule has 0 atom stereocenters. The van der Waals surface area contributed by atoms with Gasteiger partial charge in [0, 0.05) is 43.4 Å². The highest BCUT2D eigenvalue weighted by Gasteiger charge is 2.46. The zero-order chi connectivity index (χ0) is 50.2. The van der Waals surface area contributed by atoms with Gasteiger partial charge in [0.25, 0.3) is 6.71 Å². The molecular weight excluding hydrogens is 595 g/mol. The monoisotopic (exact) mass is 660 g/mol. The summed E-state index contributed by atoms with van der Waals surface area (Å²) in [7, 11) is 0. The molecule has 0 radical (unpaired) electrons. The summed E-state index contributed by atoms with van der Waals surface area (Å²) in [6.07, 6.45) is 0. The van der Waals surface area contributed by atoms with Crippen LogP contribution in [-0.4, -0.2) is 6.71 Å². The number of fused-ring (bicyclic) bond motifs is 6. The summed E-state index contributed by atoms with van der Waals surface area (Å²) >= 11 is 0. The maximum Gasteiger partial charge on any atom is 0.257 e. The van der Waals surface area contributed by atoms with Gasteiger partial charge < -0.3 is 9.32 Å². The maximum absolute atomic E-state index is 10.0. The first-order chi connectivity index (χ1) is 30.6. The highest BCUT2D eigenvalue weighted by Crippen LogP contribution is 2.47. The van der Waals surface area contributed by atoms with E-state index < -0.39 is 131 Å². The molecule has 0 fully saturated rings. The van der Waals surface area contributed by atoms with Crippen molar-refractivity contribution in [2.24, 2.45) is 0 Å². The number of furan rings is 1. The number of hydrogen-bond donors (Lipinski definition) is 0. The van der Waals surface area contributed by atoms with Gasteiger partial charge in [-0.25, -0.2) is 0 Å². The van der Waals surface area contributed by atoms with Crippen LogP contribution >= 0.6 is 0 Å². The largest absolute Gasteiger partial charge is 0.440 e. The Balaban J connectivity index is 1.71. The lowest BCUT2D eigenvalue weighted by Gasteiger charge is -2.43. The molecule has 0 aliphatic carbocycles. The van der Waals surface area contributed by atoms with Crippen LogP contribution in [0, 0.1) is 6.85 Å². The van der Waals surface area contributed by atoms with E-state index in [0.29, 0.717) is 0 Å². The molecule has 0 saturated heterocycles. The Morgan fingerprint density at radius 1 is 0.592 bits per heavy atom. The molecule has 0 bridgehead atoms. The van der Waals surface area contributed by atoms with Gasteiger partial charge in [0.2, 0.25) is 5.88 Å². The van der Waals surface area contributed by atoms with Gasteiger partial charge in [-0.1, -0.05) is 117 Å². The molecule has 0 amide bonds. The first-order valence-electron chi connectivity index (χ1n) is 25.3. The molecule has 1 aromatic heterocycles. The van der Waals surface area contributed by atoms with E-state index in [-0.39, 0.29) is 73.5 Å². The van der Waals surface area contributed by atoms with Crippen LogP contribution in [0.1, 0.15) is 109 Å². The van der Waals surface area contributed by atoms with Crippen LogP contribution in [-0.2, 0) is 16.2 Å². The van der Waals surface area contributed by atoms with Crippen molar-refractivity contribution >= 4 is 68.4 Å². The molecule has 6 aromatic rings. The number of hydrogen-bond acceptors (Lipinski definition) is 3. The van der Waals surface area contributed by atoms with Crippen LogP contribution in [0.25, 0.3) is 11.0 Å². The Hall–Kier alpha value is -4.70. The van der Waals surface area contributed by atoms with Gasteiger partial charge in [0.1, 0.15) is 5.58 Å². The first-order valence-corrected chi connectivity index (χ1v) is 16.3. The van der Waals surface area contributed by atoms with Crippen LogP contribution in [0.2, 0.25) is 0 Å². The van der Waals surface area contributed by atoms with Gasteiger partial charge in [0.15, 0.2) is 0 Å². The molecule has 5 aromatic carbocycles. The molecule has 2 aliphatic heterocycles. The van der Waals surface area contributed by atoms with Gasteiger partial charge in [-0.15, -0.1) is 0 Å². The van der Waals surface area contributed by atoms with E-state index in [2.05, 4.69) is 0 Å². The Morgan fingerprint density at radius 2 is 1.12 bits per heavy atom. The van der Waals surface area contributed by atoms with Crippen LogP contribution in [0.5, 0.6) is 0 Å². The normalized spacial score (nSPS) is 19.7. The third-order valence-corrected chi connectivity index (χ3v) is 9.00. The zero-order valence-corrected chi connectivity index (χ0v) is 29.0. The molecular formula is C45H47BN2O. The molecule has 3 heterocycles. The second-order valence-corrected chi connectivity index (χ2v) is 15.8. The lowest BCUT2D eigenvalue weighted by molar-refractivity contribution is 0.590. The molecule has 0 spiro atoms. The van der Waals surface area contributed by atoms with Gasteiger partial charge in [-0.3, -0.25) is 4.90 Å². The third kappa shape index (κ3) is 5.02. The van der Waals surface area contributed by atoms with Crippen LogP contribution in [0.3, 0.4) is 0 Å². The van der Waals surface area contributed by atoms with Crippen LogP contribution < -0.4 is 26.2 Å². The number of aryl methyl sites for hydroxylation is 1. The summed E-state index contributed by atoms with van der Waals surface area (Å²) in [4.78, 5) is 2.34. The van der Waals surface area contributed by atoms with Crippen molar-refractivity contribution in [3.8, 4) is 0 Å². The summed E-state index contributed by atoms with van der Waals surface area (Å²) in [6.45, 7) is 11.1. The van der Waals surface area contributed by atoms with E-state index in [1.54, 1.807) is 62.3 Å². The summed E-state index contributed by atoms with van der Waals surface area (Å²) in [5, 5.41) is -0.218. The molecule has 0 N–H and O–H groups in total. The van der Waals surface area contributed by atoms with Crippen molar-refractivity contribution in [2.45, 2.75) is 85.4 Å². The molecule has 0 saturated carbocycles. The van der Waals surface area contributed by atoms with Gasteiger partial charge >= 0.3 is 0 Å². The fourth-order valence-corrected chi connectivity index (χ4v) is 6.42. The minimum atomic E-state index is -2.96. The number of benzene rings is 5. The van der Waals surface area contributed by atoms with E-state index in [1.165, 1.54) is 17.0 Å². The number of anilines is 6. The van der Waals surface area contributed by atoms with Crippen molar-refractivity contribution in [1.29, 1.82) is 0 Å². The van der Waals surface area contributed by atoms with Crippen molar-refractivity contribution in [3.05, 3.63) is 125 Å². The molecule has 3 nitrogen and oxygen atoms in total. The van der Waals surface area contributed by atoms with Crippen molar-refractivity contribution in [3.63, 3.8) is 0 Å². The molecule has 8 rings (SSSR count). The lowest BCUT2D eigenvalue weighted by atomic mass is 9.33. The van der Waals surface area contributed by atoms with E-state index in [0.717, 1.165) is 4.90 Å². The van der Waals surface area contributed by atoms with E-state index in [4.69, 9.17) is 12.6 Å². The fraction of sp³-hybridized carbons (Fsp3) is 0.289. The smallest absolute Gasteiger partial charge is 0.257 e. The molecule has 0 unspecified atom stereocenters. The summed E-state index contributed by atoms with van der Waals surface area (Å²) in [5.41, 5.74) is -5.07.